The van der Waals surface area contributed by atoms with Gasteiger partial charge in [0.2, 0.25) is 0 Å². The smallest absolute Gasteiger partial charge is 0.149 e. The minimum atomic E-state index is -0.396. The van der Waals surface area contributed by atoms with Crippen LogP contribution in [0, 0.1) is 23.0 Å². The van der Waals surface area contributed by atoms with Gasteiger partial charge in [-0.1, -0.05) is 6.07 Å². The predicted octanol–water partition coefficient (Wildman–Crippen LogP) is 3.11. The van der Waals surface area contributed by atoms with Crippen LogP contribution in [-0.2, 0) is 0 Å². The Morgan fingerprint density at radius 3 is 2.42 bits per heavy atom. The van der Waals surface area contributed by atoms with Crippen LogP contribution in [0.15, 0.2) is 42.7 Å². The topological polar surface area (TPSA) is 56.1 Å². The molecule has 5 nitrogen and oxygen atoms in total. The molecule has 0 bridgehead atoms. The van der Waals surface area contributed by atoms with Gasteiger partial charge in [-0.2, -0.15) is 5.26 Å². The van der Waals surface area contributed by atoms with Gasteiger partial charge in [-0.15, -0.1) is 0 Å². The van der Waals surface area contributed by atoms with Crippen molar-refractivity contribution in [3.63, 3.8) is 0 Å². The SMILES string of the molecule is N#Cc1ccc(N2CCN(c3ncnc4c(F)cccc34)CC2)c(F)c1. The first-order valence-corrected chi connectivity index (χ1v) is 8.26. The zero-order valence-corrected chi connectivity index (χ0v) is 13.9. The predicted molar refractivity (Wildman–Crippen MR) is 95.0 cm³/mol. The van der Waals surface area contributed by atoms with Gasteiger partial charge in [0, 0.05) is 31.6 Å². The Morgan fingerprint density at radius 2 is 1.69 bits per heavy atom. The van der Waals surface area contributed by atoms with Crippen molar-refractivity contribution in [2.75, 3.05) is 36.0 Å². The maximum atomic E-state index is 14.2. The summed E-state index contributed by atoms with van der Waals surface area (Å²) in [7, 11) is 0. The minimum Gasteiger partial charge on any atom is -0.366 e. The van der Waals surface area contributed by atoms with Crippen LogP contribution in [0.5, 0.6) is 0 Å². The van der Waals surface area contributed by atoms with Gasteiger partial charge in [0.05, 0.1) is 17.3 Å². The highest BCUT2D eigenvalue weighted by atomic mass is 19.1. The molecule has 130 valence electrons. The van der Waals surface area contributed by atoms with E-state index in [2.05, 4.69) is 14.9 Å². The maximum Gasteiger partial charge on any atom is 0.149 e. The quantitative estimate of drug-likeness (QED) is 0.710. The van der Waals surface area contributed by atoms with Crippen LogP contribution < -0.4 is 9.80 Å². The number of para-hydroxylation sites is 1. The Labute approximate surface area is 149 Å². The van der Waals surface area contributed by atoms with Crippen LogP contribution in [0.4, 0.5) is 20.3 Å². The molecular formula is C19H15F2N5. The van der Waals surface area contributed by atoms with Crippen molar-refractivity contribution in [3.8, 4) is 6.07 Å². The van der Waals surface area contributed by atoms with Crippen LogP contribution in [0.25, 0.3) is 10.9 Å². The molecule has 3 aromatic rings. The fraction of sp³-hybridized carbons (Fsp3) is 0.211. The number of aromatic nitrogens is 2. The lowest BCUT2D eigenvalue weighted by Crippen LogP contribution is -2.47. The molecule has 26 heavy (non-hydrogen) atoms. The van der Waals surface area contributed by atoms with Crippen molar-refractivity contribution >= 4 is 22.4 Å². The number of anilines is 2. The highest BCUT2D eigenvalue weighted by Gasteiger charge is 2.22. The van der Waals surface area contributed by atoms with Gasteiger partial charge in [0.25, 0.3) is 0 Å². The minimum absolute atomic E-state index is 0.304. The second-order valence-corrected chi connectivity index (χ2v) is 6.09. The van der Waals surface area contributed by atoms with E-state index in [0.717, 1.165) is 0 Å². The lowest BCUT2D eigenvalue weighted by atomic mass is 10.1. The second kappa shape index (κ2) is 6.56. The Morgan fingerprint density at radius 1 is 0.923 bits per heavy atom. The maximum absolute atomic E-state index is 14.2. The Bertz CT molecular complexity index is 1010. The lowest BCUT2D eigenvalue weighted by Gasteiger charge is -2.37. The zero-order chi connectivity index (χ0) is 18.1. The van der Waals surface area contributed by atoms with Gasteiger partial charge in [-0.05, 0) is 30.3 Å². The molecule has 0 atom stereocenters. The average Bonchev–Trinajstić information content (AvgIpc) is 2.68. The number of fused-ring (bicyclic) bond motifs is 1. The summed E-state index contributed by atoms with van der Waals surface area (Å²) in [6, 6.07) is 11.3. The Balaban J connectivity index is 1.56. The van der Waals surface area contributed by atoms with E-state index in [1.54, 1.807) is 24.3 Å². The molecular weight excluding hydrogens is 336 g/mol. The molecule has 0 radical (unpaired) electrons. The number of piperazine rings is 1. The Kier molecular flexibility index (Phi) is 4.09. The molecule has 1 saturated heterocycles. The van der Waals surface area contributed by atoms with Crippen molar-refractivity contribution < 1.29 is 8.78 Å². The number of hydrogen-bond acceptors (Lipinski definition) is 5. The van der Waals surface area contributed by atoms with Crippen molar-refractivity contribution in [2.45, 2.75) is 0 Å². The highest BCUT2D eigenvalue weighted by molar-refractivity contribution is 5.89. The summed E-state index contributed by atoms with van der Waals surface area (Å²) in [5, 5.41) is 9.53. The van der Waals surface area contributed by atoms with E-state index in [1.165, 1.54) is 18.5 Å². The van der Waals surface area contributed by atoms with Gasteiger partial charge in [0.1, 0.15) is 29.3 Å². The fourth-order valence-corrected chi connectivity index (χ4v) is 3.28. The van der Waals surface area contributed by atoms with E-state index in [-0.39, 0.29) is 5.82 Å². The first-order valence-electron chi connectivity index (χ1n) is 8.26. The summed E-state index contributed by atoms with van der Waals surface area (Å²) in [6.07, 6.45) is 1.37. The van der Waals surface area contributed by atoms with Gasteiger partial charge < -0.3 is 9.80 Å². The molecule has 0 saturated carbocycles. The molecule has 1 aliphatic rings. The number of nitrogens with zero attached hydrogens (tertiary/aromatic N) is 5. The van der Waals surface area contributed by atoms with Crippen LogP contribution in [0.3, 0.4) is 0 Å². The molecule has 2 heterocycles. The standard InChI is InChI=1S/C19H15F2N5/c20-15-3-1-2-14-18(15)23-12-24-19(14)26-8-6-25(7-9-26)17-5-4-13(11-22)10-16(17)21/h1-5,10,12H,6-9H2. The molecule has 0 unspecified atom stereocenters. The fourth-order valence-electron chi connectivity index (χ4n) is 3.28. The van der Waals surface area contributed by atoms with Gasteiger partial charge in [-0.25, -0.2) is 18.7 Å². The average molecular weight is 351 g/mol. The normalized spacial score (nSPS) is 14.5. The monoisotopic (exact) mass is 351 g/mol. The summed E-state index contributed by atoms with van der Waals surface area (Å²) in [5.41, 5.74) is 1.10. The summed E-state index contributed by atoms with van der Waals surface area (Å²) in [4.78, 5) is 12.4. The molecule has 0 spiro atoms. The van der Waals surface area contributed by atoms with E-state index in [4.69, 9.17) is 5.26 Å². The van der Waals surface area contributed by atoms with E-state index < -0.39 is 5.82 Å². The number of rotatable bonds is 2. The molecule has 1 fully saturated rings. The van der Waals surface area contributed by atoms with E-state index >= 15 is 0 Å². The van der Waals surface area contributed by atoms with Crippen molar-refractivity contribution in [1.82, 2.24) is 9.97 Å². The summed E-state index contributed by atoms with van der Waals surface area (Å²) in [5.74, 6) is -0.0778. The van der Waals surface area contributed by atoms with E-state index in [1.807, 2.05) is 11.0 Å². The molecule has 0 N–H and O–H groups in total. The molecule has 1 aliphatic heterocycles. The number of hydrogen-bond donors (Lipinski definition) is 0. The zero-order valence-electron chi connectivity index (χ0n) is 13.9. The van der Waals surface area contributed by atoms with Gasteiger partial charge in [-0.3, -0.25) is 0 Å². The van der Waals surface area contributed by atoms with Gasteiger partial charge in [0.15, 0.2) is 0 Å². The number of halogens is 2. The highest BCUT2D eigenvalue weighted by Crippen LogP contribution is 2.27. The summed E-state index contributed by atoms with van der Waals surface area (Å²) >= 11 is 0. The van der Waals surface area contributed by atoms with Crippen molar-refractivity contribution in [2.24, 2.45) is 0 Å². The van der Waals surface area contributed by atoms with Crippen LogP contribution in [0.1, 0.15) is 5.56 Å². The number of nitriles is 1. The third-order valence-electron chi connectivity index (χ3n) is 4.59. The molecule has 1 aromatic heterocycles. The van der Waals surface area contributed by atoms with Gasteiger partial charge >= 0.3 is 0 Å². The van der Waals surface area contributed by atoms with Crippen LogP contribution in [-0.4, -0.2) is 36.1 Å². The molecule has 2 aromatic carbocycles. The Hall–Kier alpha value is -3.27. The third kappa shape index (κ3) is 2.80. The van der Waals surface area contributed by atoms with E-state index in [0.29, 0.717) is 54.2 Å². The first kappa shape index (κ1) is 16.2. The second-order valence-electron chi connectivity index (χ2n) is 6.09. The van der Waals surface area contributed by atoms with Crippen molar-refractivity contribution in [3.05, 3.63) is 59.9 Å². The third-order valence-corrected chi connectivity index (χ3v) is 4.59. The molecule has 4 rings (SSSR count). The first-order chi connectivity index (χ1) is 12.7. The lowest BCUT2D eigenvalue weighted by molar-refractivity contribution is 0.596. The molecule has 0 amide bonds. The van der Waals surface area contributed by atoms with Crippen LogP contribution in [0.2, 0.25) is 0 Å². The van der Waals surface area contributed by atoms with Crippen molar-refractivity contribution in [1.29, 1.82) is 5.26 Å². The molecule has 0 aliphatic carbocycles. The number of benzene rings is 2. The van der Waals surface area contributed by atoms with E-state index in [9.17, 15) is 8.78 Å². The van der Waals surface area contributed by atoms with Crippen LogP contribution >= 0.6 is 0 Å². The molecule has 7 heteroatoms. The summed E-state index contributed by atoms with van der Waals surface area (Å²) in [6.45, 7) is 2.46. The largest absolute Gasteiger partial charge is 0.366 e. The summed E-state index contributed by atoms with van der Waals surface area (Å²) < 4.78 is 28.2.